The Morgan fingerprint density at radius 1 is 1.30 bits per heavy atom. The largest absolute Gasteiger partial charge is 0.478 e. The number of aromatic carboxylic acids is 1. The van der Waals surface area contributed by atoms with Crippen LogP contribution in [0.25, 0.3) is 0 Å². The molecule has 0 heterocycles. The molecule has 100 valence electrons. The van der Waals surface area contributed by atoms with E-state index in [0.29, 0.717) is 11.1 Å². The standard InChI is InChI=1S/C15H10BrNO2S/c1-9-2-4-11(7-12(9)15(18)19)20-14-5-3-10(8-17)6-13(14)16/h2-7H,1H3,(H,18,19). The van der Waals surface area contributed by atoms with Crippen LogP contribution in [0.3, 0.4) is 0 Å². The van der Waals surface area contributed by atoms with Crippen LogP contribution < -0.4 is 0 Å². The minimum Gasteiger partial charge on any atom is -0.478 e. The molecule has 0 fully saturated rings. The predicted octanol–water partition coefficient (Wildman–Crippen LogP) is 4.48. The normalized spacial score (nSPS) is 10.1. The van der Waals surface area contributed by atoms with E-state index in [1.807, 2.05) is 12.1 Å². The highest BCUT2D eigenvalue weighted by Gasteiger charge is 2.10. The van der Waals surface area contributed by atoms with Crippen LogP contribution in [0, 0.1) is 18.3 Å². The Labute approximate surface area is 129 Å². The zero-order valence-corrected chi connectivity index (χ0v) is 13.0. The Bertz CT molecular complexity index is 722. The summed E-state index contributed by atoms with van der Waals surface area (Å²) < 4.78 is 0.819. The number of nitriles is 1. The molecule has 20 heavy (non-hydrogen) atoms. The van der Waals surface area contributed by atoms with Gasteiger partial charge in [0.15, 0.2) is 0 Å². The van der Waals surface area contributed by atoms with Gasteiger partial charge in [-0.25, -0.2) is 4.79 Å². The van der Waals surface area contributed by atoms with Crippen molar-refractivity contribution in [2.24, 2.45) is 0 Å². The first-order valence-corrected chi connectivity index (χ1v) is 7.33. The first-order valence-electron chi connectivity index (χ1n) is 5.72. The van der Waals surface area contributed by atoms with Crippen LogP contribution >= 0.6 is 27.7 Å². The molecule has 0 saturated heterocycles. The minimum atomic E-state index is -0.927. The maximum atomic E-state index is 11.1. The second kappa shape index (κ2) is 6.12. The molecule has 0 atom stereocenters. The van der Waals surface area contributed by atoms with Crippen molar-refractivity contribution >= 4 is 33.7 Å². The summed E-state index contributed by atoms with van der Waals surface area (Å²) >= 11 is 4.87. The molecule has 0 aliphatic heterocycles. The molecule has 0 aromatic heterocycles. The topological polar surface area (TPSA) is 61.1 Å². The molecule has 5 heteroatoms. The lowest BCUT2D eigenvalue weighted by Gasteiger charge is -2.07. The van der Waals surface area contributed by atoms with E-state index in [-0.39, 0.29) is 0 Å². The molecule has 0 saturated carbocycles. The number of rotatable bonds is 3. The molecule has 0 aliphatic rings. The first kappa shape index (κ1) is 14.6. The van der Waals surface area contributed by atoms with Gasteiger partial charge in [-0.1, -0.05) is 17.8 Å². The first-order chi connectivity index (χ1) is 9.51. The molecule has 0 bridgehead atoms. The SMILES string of the molecule is Cc1ccc(Sc2ccc(C#N)cc2Br)cc1C(=O)O. The number of halogens is 1. The summed E-state index contributed by atoms with van der Waals surface area (Å²) in [5.74, 6) is -0.927. The molecule has 0 aliphatic carbocycles. The van der Waals surface area contributed by atoms with Crippen LogP contribution in [0.15, 0.2) is 50.7 Å². The Morgan fingerprint density at radius 2 is 2.05 bits per heavy atom. The molecule has 2 aromatic rings. The van der Waals surface area contributed by atoms with E-state index in [9.17, 15) is 4.79 Å². The molecule has 0 unspecified atom stereocenters. The van der Waals surface area contributed by atoms with Crippen LogP contribution in [-0.2, 0) is 0 Å². The summed E-state index contributed by atoms with van der Waals surface area (Å²) in [6.45, 7) is 1.77. The van der Waals surface area contributed by atoms with Gasteiger partial charge in [0.1, 0.15) is 0 Å². The predicted molar refractivity (Wildman–Crippen MR) is 81.1 cm³/mol. The second-order valence-corrected chi connectivity index (χ2v) is 6.11. The molecule has 2 rings (SSSR count). The Kier molecular flexibility index (Phi) is 4.48. The van der Waals surface area contributed by atoms with Gasteiger partial charge in [0.05, 0.1) is 17.2 Å². The van der Waals surface area contributed by atoms with Gasteiger partial charge in [-0.15, -0.1) is 0 Å². The number of nitrogens with zero attached hydrogens (tertiary/aromatic N) is 1. The van der Waals surface area contributed by atoms with Gasteiger partial charge in [-0.05, 0) is 58.7 Å². The highest BCUT2D eigenvalue weighted by Crippen LogP contribution is 2.34. The lowest BCUT2D eigenvalue weighted by molar-refractivity contribution is 0.0696. The van der Waals surface area contributed by atoms with Gasteiger partial charge in [0.2, 0.25) is 0 Å². The fourth-order valence-corrected chi connectivity index (χ4v) is 3.16. The highest BCUT2D eigenvalue weighted by molar-refractivity contribution is 9.10. The van der Waals surface area contributed by atoms with Crippen LogP contribution in [-0.4, -0.2) is 11.1 Å². The summed E-state index contributed by atoms with van der Waals surface area (Å²) in [6, 6.07) is 12.7. The minimum absolute atomic E-state index is 0.305. The highest BCUT2D eigenvalue weighted by atomic mass is 79.9. The van der Waals surface area contributed by atoms with Gasteiger partial charge < -0.3 is 5.11 Å². The summed E-state index contributed by atoms with van der Waals surface area (Å²) in [4.78, 5) is 12.9. The van der Waals surface area contributed by atoms with Crippen molar-refractivity contribution in [1.29, 1.82) is 5.26 Å². The van der Waals surface area contributed by atoms with Crippen molar-refractivity contribution in [1.82, 2.24) is 0 Å². The summed E-state index contributed by atoms with van der Waals surface area (Å²) in [5.41, 5.74) is 1.62. The number of hydrogen-bond donors (Lipinski definition) is 1. The molecular weight excluding hydrogens is 338 g/mol. The third-order valence-corrected chi connectivity index (χ3v) is 4.71. The number of aryl methyl sites for hydroxylation is 1. The van der Waals surface area contributed by atoms with Crippen LogP contribution in [0.2, 0.25) is 0 Å². The van der Waals surface area contributed by atoms with Crippen molar-refractivity contribution in [3.8, 4) is 6.07 Å². The molecule has 0 radical (unpaired) electrons. The van der Waals surface area contributed by atoms with E-state index in [2.05, 4.69) is 22.0 Å². The summed E-state index contributed by atoms with van der Waals surface area (Å²) in [5, 5.41) is 18.0. The fourth-order valence-electron chi connectivity index (χ4n) is 1.68. The summed E-state index contributed by atoms with van der Waals surface area (Å²) in [7, 11) is 0. The Morgan fingerprint density at radius 3 is 2.65 bits per heavy atom. The molecule has 2 aromatic carbocycles. The van der Waals surface area contributed by atoms with E-state index in [4.69, 9.17) is 10.4 Å². The third-order valence-electron chi connectivity index (χ3n) is 2.73. The molecule has 1 N–H and O–H groups in total. The number of carbonyl (C=O) groups is 1. The van der Waals surface area contributed by atoms with Gasteiger partial charge in [0.25, 0.3) is 0 Å². The van der Waals surface area contributed by atoms with Crippen molar-refractivity contribution < 1.29 is 9.90 Å². The molecule has 0 spiro atoms. The zero-order chi connectivity index (χ0) is 14.7. The van der Waals surface area contributed by atoms with Crippen molar-refractivity contribution in [3.05, 3.63) is 57.6 Å². The lowest BCUT2D eigenvalue weighted by Crippen LogP contribution is -1.99. The van der Waals surface area contributed by atoms with Gasteiger partial charge in [-0.3, -0.25) is 0 Å². The van der Waals surface area contributed by atoms with Gasteiger partial charge in [0, 0.05) is 14.3 Å². The Balaban J connectivity index is 2.33. The number of hydrogen-bond acceptors (Lipinski definition) is 3. The number of benzene rings is 2. The van der Waals surface area contributed by atoms with E-state index in [1.54, 1.807) is 31.2 Å². The van der Waals surface area contributed by atoms with E-state index >= 15 is 0 Å². The average Bonchev–Trinajstić information content (AvgIpc) is 2.42. The number of carboxylic acids is 1. The maximum absolute atomic E-state index is 11.1. The van der Waals surface area contributed by atoms with Gasteiger partial charge >= 0.3 is 5.97 Å². The van der Waals surface area contributed by atoms with Crippen molar-refractivity contribution in [2.75, 3.05) is 0 Å². The zero-order valence-electron chi connectivity index (χ0n) is 10.6. The fraction of sp³-hybridized carbons (Fsp3) is 0.0667. The van der Waals surface area contributed by atoms with Crippen LogP contribution in [0.4, 0.5) is 0 Å². The van der Waals surface area contributed by atoms with Crippen molar-refractivity contribution in [3.63, 3.8) is 0 Å². The smallest absolute Gasteiger partial charge is 0.335 e. The third kappa shape index (κ3) is 3.21. The average molecular weight is 348 g/mol. The van der Waals surface area contributed by atoms with Gasteiger partial charge in [-0.2, -0.15) is 5.26 Å². The maximum Gasteiger partial charge on any atom is 0.335 e. The second-order valence-electron chi connectivity index (χ2n) is 4.14. The molecular formula is C15H10BrNO2S. The Hall–Kier alpha value is -1.77. The van der Waals surface area contributed by atoms with Crippen molar-refractivity contribution in [2.45, 2.75) is 16.7 Å². The van der Waals surface area contributed by atoms with E-state index in [0.717, 1.165) is 19.8 Å². The molecule has 0 amide bonds. The van der Waals surface area contributed by atoms with Crippen LogP contribution in [0.5, 0.6) is 0 Å². The van der Waals surface area contributed by atoms with E-state index < -0.39 is 5.97 Å². The quantitative estimate of drug-likeness (QED) is 0.889. The van der Waals surface area contributed by atoms with Crippen LogP contribution in [0.1, 0.15) is 21.5 Å². The molecule has 3 nitrogen and oxygen atoms in total. The lowest BCUT2D eigenvalue weighted by atomic mass is 10.1. The summed E-state index contributed by atoms with van der Waals surface area (Å²) in [6.07, 6.45) is 0. The van der Waals surface area contributed by atoms with E-state index in [1.165, 1.54) is 11.8 Å². The number of carboxylic acid groups (broad SMARTS) is 1. The monoisotopic (exact) mass is 347 g/mol.